The molecular weight excluding hydrogens is 244 g/mol. The predicted molar refractivity (Wildman–Crippen MR) is 75.3 cm³/mol. The SMILES string of the molecule is CC[C@@H]1CO[C@@H](C)CN1CCNC(=O)OC(C)(C)C. The second-order valence-electron chi connectivity index (χ2n) is 6.13. The standard InChI is InChI=1S/C14H28N2O3/c1-6-12-10-18-11(2)9-16(12)8-7-15-13(17)19-14(3,4)5/h11-12H,6-10H2,1-5H3,(H,15,17)/t11-,12+/m0/s1. The summed E-state index contributed by atoms with van der Waals surface area (Å²) in [5, 5.41) is 2.80. The van der Waals surface area contributed by atoms with Crippen molar-refractivity contribution in [3.8, 4) is 0 Å². The highest BCUT2D eigenvalue weighted by atomic mass is 16.6. The molecule has 0 spiro atoms. The van der Waals surface area contributed by atoms with Crippen LogP contribution < -0.4 is 5.32 Å². The number of amides is 1. The van der Waals surface area contributed by atoms with Crippen LogP contribution in [0.25, 0.3) is 0 Å². The Morgan fingerprint density at radius 2 is 2.16 bits per heavy atom. The second kappa shape index (κ2) is 7.10. The number of carbonyl (C=O) groups excluding carboxylic acids is 1. The fourth-order valence-electron chi connectivity index (χ4n) is 2.18. The third kappa shape index (κ3) is 6.25. The monoisotopic (exact) mass is 272 g/mol. The number of ether oxygens (including phenoxy) is 2. The third-order valence-electron chi connectivity index (χ3n) is 3.12. The van der Waals surface area contributed by atoms with Gasteiger partial charge < -0.3 is 14.8 Å². The van der Waals surface area contributed by atoms with Gasteiger partial charge in [-0.05, 0) is 34.1 Å². The molecule has 19 heavy (non-hydrogen) atoms. The lowest BCUT2D eigenvalue weighted by Crippen LogP contribution is -2.51. The number of nitrogens with zero attached hydrogens (tertiary/aromatic N) is 1. The van der Waals surface area contributed by atoms with E-state index in [1.807, 2.05) is 20.8 Å². The first-order valence-electron chi connectivity index (χ1n) is 7.14. The van der Waals surface area contributed by atoms with Gasteiger partial charge in [0, 0.05) is 25.7 Å². The van der Waals surface area contributed by atoms with Gasteiger partial charge in [-0.1, -0.05) is 6.92 Å². The quantitative estimate of drug-likeness (QED) is 0.850. The minimum absolute atomic E-state index is 0.268. The zero-order valence-electron chi connectivity index (χ0n) is 12.9. The fourth-order valence-corrected chi connectivity index (χ4v) is 2.18. The molecule has 0 saturated carbocycles. The Hall–Kier alpha value is -0.810. The lowest BCUT2D eigenvalue weighted by molar-refractivity contribution is -0.0551. The Balaban J connectivity index is 2.29. The molecule has 0 aromatic heterocycles. The van der Waals surface area contributed by atoms with Gasteiger partial charge in [-0.25, -0.2) is 4.79 Å². The molecule has 5 heteroatoms. The Labute approximate surface area is 116 Å². The van der Waals surface area contributed by atoms with E-state index in [0.29, 0.717) is 12.6 Å². The molecule has 0 radical (unpaired) electrons. The number of hydrogen-bond donors (Lipinski definition) is 1. The normalized spacial score (nSPS) is 25.1. The van der Waals surface area contributed by atoms with Gasteiger partial charge in [0.2, 0.25) is 0 Å². The summed E-state index contributed by atoms with van der Waals surface area (Å²) >= 11 is 0. The number of alkyl carbamates (subject to hydrolysis) is 1. The van der Waals surface area contributed by atoms with Gasteiger partial charge in [0.05, 0.1) is 12.7 Å². The average Bonchev–Trinajstić information content (AvgIpc) is 2.27. The molecule has 1 N–H and O–H groups in total. The lowest BCUT2D eigenvalue weighted by Gasteiger charge is -2.38. The highest BCUT2D eigenvalue weighted by Gasteiger charge is 2.25. The Kier molecular flexibility index (Phi) is 6.07. The molecule has 0 bridgehead atoms. The summed E-state index contributed by atoms with van der Waals surface area (Å²) in [6.07, 6.45) is 0.991. The van der Waals surface area contributed by atoms with Crippen LogP contribution in [-0.2, 0) is 9.47 Å². The summed E-state index contributed by atoms with van der Waals surface area (Å²) in [4.78, 5) is 13.9. The molecule has 1 amide bonds. The first-order chi connectivity index (χ1) is 8.81. The van der Waals surface area contributed by atoms with Crippen molar-refractivity contribution in [2.24, 2.45) is 0 Å². The molecule has 0 unspecified atom stereocenters. The zero-order valence-corrected chi connectivity index (χ0v) is 12.9. The van der Waals surface area contributed by atoms with Crippen LogP contribution in [-0.4, -0.2) is 55.0 Å². The molecule has 2 atom stereocenters. The molecule has 1 saturated heterocycles. The molecule has 1 aliphatic rings. The molecule has 0 aromatic carbocycles. The van der Waals surface area contributed by atoms with E-state index in [9.17, 15) is 4.79 Å². The van der Waals surface area contributed by atoms with Crippen molar-refractivity contribution in [1.82, 2.24) is 10.2 Å². The first-order valence-corrected chi connectivity index (χ1v) is 7.14. The third-order valence-corrected chi connectivity index (χ3v) is 3.12. The van der Waals surface area contributed by atoms with Crippen molar-refractivity contribution in [3.63, 3.8) is 0 Å². The summed E-state index contributed by atoms with van der Waals surface area (Å²) in [5.74, 6) is 0. The van der Waals surface area contributed by atoms with Crippen LogP contribution in [0.3, 0.4) is 0 Å². The van der Waals surface area contributed by atoms with E-state index in [4.69, 9.17) is 9.47 Å². The van der Waals surface area contributed by atoms with Crippen molar-refractivity contribution in [1.29, 1.82) is 0 Å². The summed E-state index contributed by atoms with van der Waals surface area (Å²) in [6.45, 7) is 13.0. The topological polar surface area (TPSA) is 50.8 Å². The summed E-state index contributed by atoms with van der Waals surface area (Å²) in [6, 6.07) is 0.455. The maximum absolute atomic E-state index is 11.5. The van der Waals surface area contributed by atoms with Gasteiger partial charge in [0.25, 0.3) is 0 Å². The number of hydrogen-bond acceptors (Lipinski definition) is 4. The summed E-state index contributed by atoms with van der Waals surface area (Å²) < 4.78 is 10.9. The number of morpholine rings is 1. The van der Waals surface area contributed by atoms with Gasteiger partial charge in [0.15, 0.2) is 0 Å². The van der Waals surface area contributed by atoms with Crippen LogP contribution in [0.1, 0.15) is 41.0 Å². The molecule has 1 fully saturated rings. The Morgan fingerprint density at radius 1 is 1.47 bits per heavy atom. The van der Waals surface area contributed by atoms with Crippen LogP contribution in [0.4, 0.5) is 4.79 Å². The Morgan fingerprint density at radius 3 is 2.74 bits per heavy atom. The van der Waals surface area contributed by atoms with Crippen molar-refractivity contribution >= 4 is 6.09 Å². The van der Waals surface area contributed by atoms with Gasteiger partial charge in [-0.2, -0.15) is 0 Å². The molecule has 1 rings (SSSR count). The minimum Gasteiger partial charge on any atom is -0.444 e. The van der Waals surface area contributed by atoms with E-state index in [2.05, 4.69) is 24.1 Å². The maximum Gasteiger partial charge on any atom is 0.407 e. The summed E-state index contributed by atoms with van der Waals surface area (Å²) in [5.41, 5.74) is -0.441. The first kappa shape index (κ1) is 16.2. The van der Waals surface area contributed by atoms with Crippen LogP contribution in [0.15, 0.2) is 0 Å². The smallest absolute Gasteiger partial charge is 0.407 e. The highest BCUT2D eigenvalue weighted by molar-refractivity contribution is 5.67. The minimum atomic E-state index is -0.441. The number of carbonyl (C=O) groups is 1. The summed E-state index contributed by atoms with van der Waals surface area (Å²) in [7, 11) is 0. The highest BCUT2D eigenvalue weighted by Crippen LogP contribution is 2.13. The van der Waals surface area contributed by atoms with Crippen molar-refractivity contribution in [2.45, 2.75) is 58.8 Å². The molecule has 1 heterocycles. The van der Waals surface area contributed by atoms with Crippen LogP contribution in [0, 0.1) is 0 Å². The largest absolute Gasteiger partial charge is 0.444 e. The van der Waals surface area contributed by atoms with Crippen molar-refractivity contribution in [2.75, 3.05) is 26.2 Å². The maximum atomic E-state index is 11.5. The van der Waals surface area contributed by atoms with Crippen molar-refractivity contribution < 1.29 is 14.3 Å². The molecule has 5 nitrogen and oxygen atoms in total. The number of nitrogens with one attached hydrogen (secondary N) is 1. The van der Waals surface area contributed by atoms with Gasteiger partial charge in [-0.15, -0.1) is 0 Å². The molecule has 0 aromatic rings. The van der Waals surface area contributed by atoms with Gasteiger partial charge in [0.1, 0.15) is 5.60 Å². The van der Waals surface area contributed by atoms with E-state index in [0.717, 1.165) is 26.1 Å². The van der Waals surface area contributed by atoms with Crippen molar-refractivity contribution in [3.05, 3.63) is 0 Å². The predicted octanol–water partition coefficient (Wildman–Crippen LogP) is 2.01. The Bertz CT molecular complexity index is 289. The van der Waals surface area contributed by atoms with E-state index < -0.39 is 5.60 Å². The molecular formula is C14H28N2O3. The molecule has 1 aliphatic heterocycles. The van der Waals surface area contributed by atoms with Crippen LogP contribution in [0.5, 0.6) is 0 Å². The van der Waals surface area contributed by atoms with E-state index >= 15 is 0 Å². The van der Waals surface area contributed by atoms with Gasteiger partial charge in [-0.3, -0.25) is 4.90 Å². The van der Waals surface area contributed by atoms with Crippen LogP contribution in [0.2, 0.25) is 0 Å². The van der Waals surface area contributed by atoms with E-state index in [1.54, 1.807) is 0 Å². The zero-order chi connectivity index (χ0) is 14.5. The lowest BCUT2D eigenvalue weighted by atomic mass is 10.1. The van der Waals surface area contributed by atoms with Gasteiger partial charge >= 0.3 is 6.09 Å². The molecule has 0 aliphatic carbocycles. The number of rotatable bonds is 4. The fraction of sp³-hybridized carbons (Fsp3) is 0.929. The second-order valence-corrected chi connectivity index (χ2v) is 6.13. The molecule has 112 valence electrons. The average molecular weight is 272 g/mol. The van der Waals surface area contributed by atoms with E-state index in [1.165, 1.54) is 0 Å². The van der Waals surface area contributed by atoms with E-state index in [-0.39, 0.29) is 12.2 Å². The van der Waals surface area contributed by atoms with Crippen LogP contribution >= 0.6 is 0 Å².